The minimum absolute atomic E-state index is 0.402. The van der Waals surface area contributed by atoms with Crippen molar-refractivity contribution in [3.05, 3.63) is 48.0 Å². The number of rotatable bonds is 5. The Morgan fingerprint density at radius 2 is 1.78 bits per heavy atom. The van der Waals surface area contributed by atoms with Crippen molar-refractivity contribution in [1.82, 2.24) is 5.09 Å². The van der Waals surface area contributed by atoms with Crippen LogP contribution in [0.4, 0.5) is 0 Å². The molecule has 0 aliphatic rings. The molecule has 0 radical (unpaired) electrons. The van der Waals surface area contributed by atoms with Crippen molar-refractivity contribution in [3.8, 4) is 0 Å². The van der Waals surface area contributed by atoms with E-state index in [4.69, 9.17) is 4.74 Å². The molecule has 2 rings (SSSR count). The lowest BCUT2D eigenvalue weighted by Gasteiger charge is -2.30. The summed E-state index contributed by atoms with van der Waals surface area (Å²) in [5.41, 5.74) is -1.24. The maximum absolute atomic E-state index is 12.5. The van der Waals surface area contributed by atoms with Gasteiger partial charge in [-0.3, -0.25) is 0 Å². The minimum Gasteiger partial charge on any atom is -0.461 e. The summed E-state index contributed by atoms with van der Waals surface area (Å²) in [7, 11) is -4.66. The molecule has 0 unspecified atom stereocenters. The smallest absolute Gasteiger partial charge is 0.401 e. The topological polar surface area (TPSA) is 95.9 Å². The van der Waals surface area contributed by atoms with Gasteiger partial charge in [-0.05, 0) is 43.2 Å². The molecule has 0 fully saturated rings. The van der Waals surface area contributed by atoms with Crippen LogP contribution in [0.3, 0.4) is 0 Å². The van der Waals surface area contributed by atoms with Crippen LogP contribution >= 0.6 is 7.75 Å². The SMILES string of the molecule is CC(C)OC(=O)[C@@](C)(NP(=O)(O)O)c1ccc2ccccc2c1. The highest BCUT2D eigenvalue weighted by molar-refractivity contribution is 7.49. The third kappa shape index (κ3) is 4.18. The zero-order valence-corrected chi connectivity index (χ0v) is 14.1. The molecule has 0 amide bonds. The van der Waals surface area contributed by atoms with E-state index in [1.54, 1.807) is 32.0 Å². The maximum Gasteiger partial charge on any atom is 0.401 e. The normalized spacial score (nSPS) is 14.7. The molecule has 124 valence electrons. The number of carbonyl (C=O) groups is 1. The van der Waals surface area contributed by atoms with Crippen molar-refractivity contribution in [1.29, 1.82) is 0 Å². The number of carbonyl (C=O) groups excluding carboxylic acids is 1. The molecule has 0 aliphatic heterocycles. The summed E-state index contributed by atoms with van der Waals surface area (Å²) < 4.78 is 16.6. The Bertz CT molecular complexity index is 770. The Balaban J connectivity index is 2.54. The van der Waals surface area contributed by atoms with Gasteiger partial charge in [-0.1, -0.05) is 36.4 Å². The van der Waals surface area contributed by atoms with E-state index >= 15 is 0 Å². The Morgan fingerprint density at radius 3 is 2.35 bits per heavy atom. The molecule has 0 heterocycles. The number of nitrogens with one attached hydrogen (secondary N) is 1. The summed E-state index contributed by atoms with van der Waals surface area (Å²) >= 11 is 0. The van der Waals surface area contributed by atoms with E-state index < -0.39 is 25.4 Å². The number of hydrogen-bond donors (Lipinski definition) is 3. The van der Waals surface area contributed by atoms with E-state index in [2.05, 4.69) is 5.09 Å². The van der Waals surface area contributed by atoms with Gasteiger partial charge in [0.25, 0.3) is 0 Å². The maximum atomic E-state index is 12.5. The fourth-order valence-electron chi connectivity index (χ4n) is 2.35. The number of ether oxygens (including phenoxy) is 1. The molecule has 0 bridgehead atoms. The highest BCUT2D eigenvalue weighted by atomic mass is 31.2. The lowest BCUT2D eigenvalue weighted by Crippen LogP contribution is -2.46. The first-order chi connectivity index (χ1) is 10.6. The largest absolute Gasteiger partial charge is 0.461 e. The lowest BCUT2D eigenvalue weighted by molar-refractivity contribution is -0.154. The second kappa shape index (κ2) is 6.42. The van der Waals surface area contributed by atoms with Crippen molar-refractivity contribution >= 4 is 24.5 Å². The van der Waals surface area contributed by atoms with Crippen molar-refractivity contribution in [3.63, 3.8) is 0 Å². The summed E-state index contributed by atoms with van der Waals surface area (Å²) in [6, 6.07) is 12.7. The van der Waals surface area contributed by atoms with Gasteiger partial charge < -0.3 is 14.5 Å². The highest BCUT2D eigenvalue weighted by Crippen LogP contribution is 2.38. The van der Waals surface area contributed by atoms with Crippen molar-refractivity contribution < 1.29 is 23.9 Å². The summed E-state index contributed by atoms with van der Waals surface area (Å²) in [4.78, 5) is 31.1. The van der Waals surface area contributed by atoms with Gasteiger partial charge in [-0.15, -0.1) is 0 Å². The molecule has 0 aromatic heterocycles. The summed E-state index contributed by atoms with van der Waals surface area (Å²) in [6.07, 6.45) is -0.402. The molecule has 0 spiro atoms. The molecule has 23 heavy (non-hydrogen) atoms. The van der Waals surface area contributed by atoms with E-state index in [0.717, 1.165) is 10.8 Å². The van der Waals surface area contributed by atoms with E-state index in [0.29, 0.717) is 5.56 Å². The van der Waals surface area contributed by atoms with Gasteiger partial charge in [0.2, 0.25) is 0 Å². The zero-order valence-electron chi connectivity index (χ0n) is 13.2. The van der Waals surface area contributed by atoms with Crippen LogP contribution in [0, 0.1) is 0 Å². The van der Waals surface area contributed by atoms with Crippen LogP contribution in [-0.2, 0) is 19.6 Å². The first-order valence-electron chi connectivity index (χ1n) is 7.17. The van der Waals surface area contributed by atoms with Gasteiger partial charge in [0.1, 0.15) is 5.54 Å². The molecule has 0 aliphatic carbocycles. The first-order valence-corrected chi connectivity index (χ1v) is 8.78. The second-order valence-corrected chi connectivity index (χ2v) is 7.11. The monoisotopic (exact) mass is 337 g/mol. The van der Waals surface area contributed by atoms with Crippen LogP contribution in [0.15, 0.2) is 42.5 Å². The fraction of sp³-hybridized carbons (Fsp3) is 0.312. The number of esters is 1. The van der Waals surface area contributed by atoms with Crippen LogP contribution < -0.4 is 5.09 Å². The van der Waals surface area contributed by atoms with Gasteiger partial charge in [0.05, 0.1) is 6.10 Å². The van der Waals surface area contributed by atoms with Crippen LogP contribution in [0.1, 0.15) is 26.3 Å². The summed E-state index contributed by atoms with van der Waals surface area (Å²) in [5, 5.41) is 3.94. The van der Waals surface area contributed by atoms with E-state index in [9.17, 15) is 19.1 Å². The first kappa shape index (κ1) is 17.6. The third-order valence-corrected chi connectivity index (χ3v) is 4.19. The minimum atomic E-state index is -4.66. The molecule has 7 heteroatoms. The van der Waals surface area contributed by atoms with Crippen molar-refractivity contribution in [2.75, 3.05) is 0 Å². The Kier molecular flexibility index (Phi) is 4.92. The third-order valence-electron chi connectivity index (χ3n) is 3.45. The number of benzene rings is 2. The summed E-state index contributed by atoms with van der Waals surface area (Å²) in [6.45, 7) is 4.76. The van der Waals surface area contributed by atoms with Gasteiger partial charge >= 0.3 is 13.7 Å². The van der Waals surface area contributed by atoms with Gasteiger partial charge in [0, 0.05) is 0 Å². The number of hydrogen-bond acceptors (Lipinski definition) is 3. The van der Waals surface area contributed by atoms with Gasteiger partial charge in [0.15, 0.2) is 0 Å². The van der Waals surface area contributed by atoms with E-state index in [-0.39, 0.29) is 0 Å². The molecule has 1 atom stereocenters. The van der Waals surface area contributed by atoms with Crippen LogP contribution in [0.25, 0.3) is 10.8 Å². The Morgan fingerprint density at radius 1 is 1.17 bits per heavy atom. The van der Waals surface area contributed by atoms with E-state index in [1.807, 2.05) is 24.3 Å². The molecule has 6 nitrogen and oxygen atoms in total. The lowest BCUT2D eigenvalue weighted by atomic mass is 9.91. The average molecular weight is 337 g/mol. The fourth-order valence-corrected chi connectivity index (χ4v) is 3.15. The van der Waals surface area contributed by atoms with Crippen LogP contribution in [-0.4, -0.2) is 21.9 Å². The Hall–Kier alpha value is -1.72. The molecular formula is C16H20NO5P. The van der Waals surface area contributed by atoms with Crippen molar-refractivity contribution in [2.45, 2.75) is 32.4 Å². The zero-order chi connectivity index (χ0) is 17.3. The highest BCUT2D eigenvalue weighted by Gasteiger charge is 2.42. The van der Waals surface area contributed by atoms with Crippen molar-refractivity contribution in [2.24, 2.45) is 0 Å². The van der Waals surface area contributed by atoms with Crippen LogP contribution in [0.2, 0.25) is 0 Å². The molecule has 0 saturated heterocycles. The van der Waals surface area contributed by atoms with Crippen LogP contribution in [0.5, 0.6) is 0 Å². The summed E-state index contributed by atoms with van der Waals surface area (Å²) in [5.74, 6) is -0.744. The number of fused-ring (bicyclic) bond motifs is 1. The molecule has 2 aromatic rings. The molecule has 2 aromatic carbocycles. The van der Waals surface area contributed by atoms with Gasteiger partial charge in [-0.25, -0.2) is 14.4 Å². The second-order valence-electron chi connectivity index (χ2n) is 5.80. The quantitative estimate of drug-likeness (QED) is 0.573. The molecule has 0 saturated carbocycles. The van der Waals surface area contributed by atoms with Gasteiger partial charge in [-0.2, -0.15) is 0 Å². The molecule has 3 N–H and O–H groups in total. The molecular weight excluding hydrogens is 317 g/mol. The van der Waals surface area contributed by atoms with E-state index in [1.165, 1.54) is 6.92 Å². The standard InChI is InChI=1S/C16H20NO5P/c1-11(2)22-15(18)16(3,17-23(19,20)21)14-9-8-12-6-4-5-7-13(12)10-14/h4-11H,1-3H3,(H3,17,19,20,21)/t16-/m0/s1. The predicted octanol–water partition coefficient (Wildman–Crippen LogP) is 2.69. The predicted molar refractivity (Wildman–Crippen MR) is 87.7 cm³/mol. The average Bonchev–Trinajstić information content (AvgIpc) is 2.44. The Labute approximate surface area is 134 Å².